The van der Waals surface area contributed by atoms with Gasteiger partial charge in [0, 0.05) is 18.9 Å². The summed E-state index contributed by atoms with van der Waals surface area (Å²) in [5, 5.41) is 14.0. The Labute approximate surface area is 140 Å². The van der Waals surface area contributed by atoms with E-state index in [2.05, 4.69) is 20.3 Å². The van der Waals surface area contributed by atoms with Crippen molar-refractivity contribution < 1.29 is 9.90 Å². The van der Waals surface area contributed by atoms with Crippen molar-refractivity contribution >= 4 is 17.2 Å². The van der Waals surface area contributed by atoms with Gasteiger partial charge in [-0.05, 0) is 18.9 Å². The van der Waals surface area contributed by atoms with Crippen LogP contribution in [0, 0.1) is 0 Å². The van der Waals surface area contributed by atoms with Crippen molar-refractivity contribution in [2.45, 2.75) is 45.1 Å². The van der Waals surface area contributed by atoms with E-state index in [1.54, 1.807) is 18.5 Å². The number of nitrogens with one attached hydrogen (secondary N) is 1. The molecule has 0 fully saturated rings. The molecule has 6 nitrogen and oxygen atoms in total. The summed E-state index contributed by atoms with van der Waals surface area (Å²) < 4.78 is 0. The third-order valence-electron chi connectivity index (χ3n) is 3.50. The predicted octanol–water partition coefficient (Wildman–Crippen LogP) is 2.66. The monoisotopic (exact) mass is 334 g/mol. The zero-order valence-corrected chi connectivity index (χ0v) is 14.3. The molecular weight excluding hydrogens is 312 g/mol. The average molecular weight is 334 g/mol. The van der Waals surface area contributed by atoms with Crippen LogP contribution >= 0.6 is 11.3 Å². The molecule has 7 heteroatoms. The molecule has 0 atom stereocenters. The van der Waals surface area contributed by atoms with Crippen LogP contribution in [0.2, 0.25) is 0 Å². The Morgan fingerprint density at radius 2 is 1.87 bits per heavy atom. The largest absolute Gasteiger partial charge is 0.388 e. The maximum Gasteiger partial charge on any atom is 0.263 e. The standard InChI is InChI=1S/C16H22N4O2S/c1-3-6-16(22,7-4-2)11-20-14(21)12-10-19-15(23-12)13-17-8-5-9-18-13/h5,8-10,22H,3-4,6-7,11H2,1-2H3,(H,20,21). The fourth-order valence-electron chi connectivity index (χ4n) is 2.46. The minimum absolute atomic E-state index is 0.227. The number of amides is 1. The molecule has 1 amide bonds. The molecule has 0 unspecified atom stereocenters. The topological polar surface area (TPSA) is 88.0 Å². The van der Waals surface area contributed by atoms with Crippen LogP contribution in [0.1, 0.15) is 49.2 Å². The summed E-state index contributed by atoms with van der Waals surface area (Å²) in [6, 6.07) is 1.73. The van der Waals surface area contributed by atoms with E-state index < -0.39 is 5.60 Å². The molecule has 2 rings (SSSR count). The van der Waals surface area contributed by atoms with Gasteiger partial charge in [-0.3, -0.25) is 4.79 Å². The Kier molecular flexibility index (Phi) is 6.18. The number of aliphatic hydroxyl groups is 1. The SMILES string of the molecule is CCCC(O)(CCC)CNC(=O)c1cnc(-c2ncccn2)s1. The maximum atomic E-state index is 12.3. The number of rotatable bonds is 8. The van der Waals surface area contributed by atoms with E-state index in [0.29, 0.717) is 28.6 Å². The van der Waals surface area contributed by atoms with E-state index in [4.69, 9.17) is 0 Å². The third kappa shape index (κ3) is 4.80. The summed E-state index contributed by atoms with van der Waals surface area (Å²) in [6.07, 6.45) is 7.90. The molecule has 0 bridgehead atoms. The van der Waals surface area contributed by atoms with Gasteiger partial charge in [0.2, 0.25) is 0 Å². The first-order valence-electron chi connectivity index (χ1n) is 7.82. The zero-order chi connectivity index (χ0) is 16.7. The van der Waals surface area contributed by atoms with Crippen molar-refractivity contribution in [3.8, 4) is 10.8 Å². The molecular formula is C16H22N4O2S. The molecule has 2 heterocycles. The molecule has 124 valence electrons. The van der Waals surface area contributed by atoms with Crippen LogP contribution < -0.4 is 5.32 Å². The highest BCUT2D eigenvalue weighted by atomic mass is 32.1. The fourth-order valence-corrected chi connectivity index (χ4v) is 3.24. The van der Waals surface area contributed by atoms with Gasteiger partial charge in [-0.2, -0.15) is 0 Å². The predicted molar refractivity (Wildman–Crippen MR) is 90.2 cm³/mol. The summed E-state index contributed by atoms with van der Waals surface area (Å²) in [7, 11) is 0. The summed E-state index contributed by atoms with van der Waals surface area (Å²) >= 11 is 1.24. The fraction of sp³-hybridized carbons (Fsp3) is 0.500. The minimum Gasteiger partial charge on any atom is -0.388 e. The second-order valence-corrected chi connectivity index (χ2v) is 6.54. The summed E-state index contributed by atoms with van der Waals surface area (Å²) in [6.45, 7) is 4.30. The molecule has 0 spiro atoms. The van der Waals surface area contributed by atoms with Gasteiger partial charge >= 0.3 is 0 Å². The van der Waals surface area contributed by atoms with E-state index in [1.165, 1.54) is 17.5 Å². The molecule has 0 saturated carbocycles. The van der Waals surface area contributed by atoms with Gasteiger partial charge in [-0.25, -0.2) is 15.0 Å². The lowest BCUT2D eigenvalue weighted by molar-refractivity contribution is 0.0213. The zero-order valence-electron chi connectivity index (χ0n) is 13.5. The minimum atomic E-state index is -0.838. The van der Waals surface area contributed by atoms with Gasteiger partial charge in [0.25, 0.3) is 5.91 Å². The molecule has 0 aliphatic rings. The molecule has 0 aliphatic heterocycles. The molecule has 0 aliphatic carbocycles. The van der Waals surface area contributed by atoms with Crippen LogP contribution in [-0.4, -0.2) is 38.1 Å². The Morgan fingerprint density at radius 3 is 2.48 bits per heavy atom. The summed E-state index contributed by atoms with van der Waals surface area (Å²) in [5.74, 6) is 0.278. The molecule has 23 heavy (non-hydrogen) atoms. The normalized spacial score (nSPS) is 11.4. The summed E-state index contributed by atoms with van der Waals surface area (Å²) in [4.78, 5) is 25.2. The molecule has 2 aromatic heterocycles. The second-order valence-electron chi connectivity index (χ2n) is 5.51. The Hall–Kier alpha value is -1.86. The van der Waals surface area contributed by atoms with Crippen molar-refractivity contribution in [1.82, 2.24) is 20.3 Å². The lowest BCUT2D eigenvalue weighted by Gasteiger charge is -2.27. The Balaban J connectivity index is 2.00. The molecule has 0 saturated heterocycles. The van der Waals surface area contributed by atoms with Crippen molar-refractivity contribution in [2.75, 3.05) is 6.54 Å². The van der Waals surface area contributed by atoms with Crippen molar-refractivity contribution in [2.24, 2.45) is 0 Å². The van der Waals surface area contributed by atoms with E-state index in [-0.39, 0.29) is 12.5 Å². The number of hydrogen-bond donors (Lipinski definition) is 2. The van der Waals surface area contributed by atoms with Crippen molar-refractivity contribution in [3.63, 3.8) is 0 Å². The molecule has 0 aromatic carbocycles. The van der Waals surface area contributed by atoms with Crippen LogP contribution in [-0.2, 0) is 0 Å². The van der Waals surface area contributed by atoms with Gasteiger partial charge in [-0.15, -0.1) is 11.3 Å². The highest BCUT2D eigenvalue weighted by molar-refractivity contribution is 7.16. The van der Waals surface area contributed by atoms with Crippen molar-refractivity contribution in [3.05, 3.63) is 29.5 Å². The lowest BCUT2D eigenvalue weighted by Crippen LogP contribution is -2.42. The van der Waals surface area contributed by atoms with E-state index in [0.717, 1.165) is 12.8 Å². The van der Waals surface area contributed by atoms with E-state index >= 15 is 0 Å². The molecule has 2 N–H and O–H groups in total. The van der Waals surface area contributed by atoms with Crippen molar-refractivity contribution in [1.29, 1.82) is 0 Å². The van der Waals surface area contributed by atoms with Gasteiger partial charge in [0.15, 0.2) is 10.8 Å². The number of nitrogens with zero attached hydrogens (tertiary/aromatic N) is 3. The third-order valence-corrected chi connectivity index (χ3v) is 4.49. The second kappa shape index (κ2) is 8.12. The number of carbonyl (C=O) groups is 1. The lowest BCUT2D eigenvalue weighted by atomic mass is 9.92. The van der Waals surface area contributed by atoms with Gasteiger partial charge in [-0.1, -0.05) is 26.7 Å². The van der Waals surface area contributed by atoms with Crippen LogP contribution in [0.25, 0.3) is 10.8 Å². The quantitative estimate of drug-likeness (QED) is 0.775. The highest BCUT2D eigenvalue weighted by Gasteiger charge is 2.26. The smallest absolute Gasteiger partial charge is 0.263 e. The van der Waals surface area contributed by atoms with E-state index in [9.17, 15) is 9.90 Å². The van der Waals surface area contributed by atoms with E-state index in [1.807, 2.05) is 13.8 Å². The van der Waals surface area contributed by atoms with Gasteiger partial charge in [0.1, 0.15) is 4.88 Å². The first-order chi connectivity index (χ1) is 11.1. The Bertz CT molecular complexity index is 624. The first-order valence-corrected chi connectivity index (χ1v) is 8.63. The number of carbonyl (C=O) groups excluding carboxylic acids is 1. The number of aromatic nitrogens is 3. The van der Waals surface area contributed by atoms with Gasteiger partial charge in [0.05, 0.1) is 11.8 Å². The number of thiazole rings is 1. The van der Waals surface area contributed by atoms with Crippen LogP contribution in [0.15, 0.2) is 24.7 Å². The number of hydrogen-bond acceptors (Lipinski definition) is 6. The van der Waals surface area contributed by atoms with Crippen LogP contribution in [0.3, 0.4) is 0 Å². The highest BCUT2D eigenvalue weighted by Crippen LogP contribution is 2.22. The summed E-state index contributed by atoms with van der Waals surface area (Å²) in [5.41, 5.74) is -0.838. The molecule has 0 radical (unpaired) electrons. The average Bonchev–Trinajstić information content (AvgIpc) is 3.04. The van der Waals surface area contributed by atoms with Gasteiger partial charge < -0.3 is 10.4 Å². The maximum absolute atomic E-state index is 12.3. The molecule has 2 aromatic rings. The Morgan fingerprint density at radius 1 is 1.22 bits per heavy atom. The first kappa shape index (κ1) is 17.5. The van der Waals surface area contributed by atoms with Crippen LogP contribution in [0.4, 0.5) is 0 Å². The van der Waals surface area contributed by atoms with Crippen LogP contribution in [0.5, 0.6) is 0 Å².